The molecular formula is C14H21BrN2. The molecule has 0 heterocycles. The largest absolute Gasteiger partial charge is 0.308 e. The quantitative estimate of drug-likeness (QED) is 0.832. The fourth-order valence-electron chi connectivity index (χ4n) is 1.78. The number of rotatable bonds is 7. The Bertz CT molecular complexity index is 337. The van der Waals surface area contributed by atoms with Crippen LogP contribution in [0.2, 0.25) is 0 Å². The minimum Gasteiger partial charge on any atom is -0.308 e. The van der Waals surface area contributed by atoms with Crippen molar-refractivity contribution in [1.29, 1.82) is 0 Å². The summed E-state index contributed by atoms with van der Waals surface area (Å²) in [5.41, 5.74) is 1.35. The number of hydrogen-bond acceptors (Lipinski definition) is 2. The van der Waals surface area contributed by atoms with Gasteiger partial charge in [-0.3, -0.25) is 0 Å². The SMILES string of the molecule is C=C(Br)CNC(C)CN(C)Cc1ccccc1. The van der Waals surface area contributed by atoms with Gasteiger partial charge in [-0.15, -0.1) is 0 Å². The van der Waals surface area contributed by atoms with Gasteiger partial charge in [0.1, 0.15) is 0 Å². The van der Waals surface area contributed by atoms with Crippen molar-refractivity contribution in [3.8, 4) is 0 Å². The van der Waals surface area contributed by atoms with Crippen molar-refractivity contribution in [2.75, 3.05) is 20.1 Å². The zero-order chi connectivity index (χ0) is 12.7. The highest BCUT2D eigenvalue weighted by Crippen LogP contribution is 2.03. The van der Waals surface area contributed by atoms with Crippen LogP contribution >= 0.6 is 15.9 Å². The van der Waals surface area contributed by atoms with Gasteiger partial charge in [0, 0.05) is 30.2 Å². The van der Waals surface area contributed by atoms with E-state index in [1.807, 2.05) is 0 Å². The lowest BCUT2D eigenvalue weighted by Crippen LogP contribution is -2.37. The van der Waals surface area contributed by atoms with Crippen molar-refractivity contribution < 1.29 is 0 Å². The van der Waals surface area contributed by atoms with E-state index in [9.17, 15) is 0 Å². The van der Waals surface area contributed by atoms with E-state index in [1.54, 1.807) is 0 Å². The molecule has 0 bridgehead atoms. The number of halogens is 1. The van der Waals surface area contributed by atoms with E-state index >= 15 is 0 Å². The molecule has 3 heteroatoms. The van der Waals surface area contributed by atoms with Gasteiger partial charge in [-0.25, -0.2) is 0 Å². The summed E-state index contributed by atoms with van der Waals surface area (Å²) in [4.78, 5) is 2.32. The molecule has 1 N–H and O–H groups in total. The van der Waals surface area contributed by atoms with E-state index in [4.69, 9.17) is 0 Å². The molecule has 2 nitrogen and oxygen atoms in total. The summed E-state index contributed by atoms with van der Waals surface area (Å²) in [6, 6.07) is 11.0. The fraction of sp³-hybridized carbons (Fsp3) is 0.429. The molecule has 0 aliphatic carbocycles. The van der Waals surface area contributed by atoms with Crippen molar-refractivity contribution in [1.82, 2.24) is 10.2 Å². The first-order valence-corrected chi connectivity index (χ1v) is 6.66. The van der Waals surface area contributed by atoms with Crippen LogP contribution in [0.15, 0.2) is 41.4 Å². The second kappa shape index (κ2) is 7.64. The Balaban J connectivity index is 2.29. The summed E-state index contributed by atoms with van der Waals surface area (Å²) >= 11 is 3.35. The zero-order valence-electron chi connectivity index (χ0n) is 10.6. The maximum atomic E-state index is 3.81. The molecular weight excluding hydrogens is 276 g/mol. The van der Waals surface area contributed by atoms with Crippen LogP contribution in [0.3, 0.4) is 0 Å². The molecule has 1 aromatic rings. The third kappa shape index (κ3) is 6.61. The van der Waals surface area contributed by atoms with E-state index in [0.29, 0.717) is 6.04 Å². The van der Waals surface area contributed by atoms with Crippen molar-refractivity contribution in [2.24, 2.45) is 0 Å². The average Bonchev–Trinajstić information content (AvgIpc) is 2.27. The molecule has 1 unspecified atom stereocenters. The minimum absolute atomic E-state index is 0.456. The van der Waals surface area contributed by atoms with Crippen LogP contribution < -0.4 is 5.32 Å². The molecule has 1 rings (SSSR count). The van der Waals surface area contributed by atoms with Gasteiger partial charge in [-0.2, -0.15) is 0 Å². The highest BCUT2D eigenvalue weighted by Gasteiger charge is 2.06. The molecule has 0 saturated carbocycles. The molecule has 0 aliphatic rings. The smallest absolute Gasteiger partial charge is 0.0268 e. The lowest BCUT2D eigenvalue weighted by Gasteiger charge is -2.22. The Hall–Kier alpha value is -0.640. The number of nitrogens with one attached hydrogen (secondary N) is 1. The second-order valence-electron chi connectivity index (χ2n) is 4.48. The standard InChI is InChI=1S/C14H21BrN2/c1-12(15)9-16-13(2)10-17(3)11-14-7-5-4-6-8-14/h4-8,13,16H,1,9-11H2,2-3H3. The summed E-state index contributed by atoms with van der Waals surface area (Å²) in [6.45, 7) is 8.84. The summed E-state index contributed by atoms with van der Waals surface area (Å²) in [7, 11) is 2.15. The minimum atomic E-state index is 0.456. The first kappa shape index (κ1) is 14.4. The molecule has 0 aliphatic heterocycles. The van der Waals surface area contributed by atoms with E-state index in [1.165, 1.54) is 5.56 Å². The van der Waals surface area contributed by atoms with Gasteiger partial charge in [-0.1, -0.05) is 52.8 Å². The predicted molar refractivity (Wildman–Crippen MR) is 78.3 cm³/mol. The lowest BCUT2D eigenvalue weighted by molar-refractivity contribution is 0.292. The van der Waals surface area contributed by atoms with Crippen molar-refractivity contribution in [2.45, 2.75) is 19.5 Å². The summed E-state index contributed by atoms with van der Waals surface area (Å²) in [6.07, 6.45) is 0. The van der Waals surface area contributed by atoms with Gasteiger partial charge in [0.05, 0.1) is 0 Å². The highest BCUT2D eigenvalue weighted by atomic mass is 79.9. The average molecular weight is 297 g/mol. The number of nitrogens with zero attached hydrogens (tertiary/aromatic N) is 1. The normalized spacial score (nSPS) is 12.7. The first-order chi connectivity index (χ1) is 8.08. The number of likely N-dealkylation sites (N-methyl/N-ethyl adjacent to an activating group) is 1. The second-order valence-corrected chi connectivity index (χ2v) is 5.60. The molecule has 1 aromatic carbocycles. The van der Waals surface area contributed by atoms with Crippen molar-refractivity contribution >= 4 is 15.9 Å². The Kier molecular flexibility index (Phi) is 6.48. The van der Waals surface area contributed by atoms with Gasteiger partial charge >= 0.3 is 0 Å². The summed E-state index contributed by atoms with van der Waals surface area (Å²) in [5.74, 6) is 0. The van der Waals surface area contributed by atoms with Gasteiger partial charge in [0.15, 0.2) is 0 Å². The molecule has 17 heavy (non-hydrogen) atoms. The van der Waals surface area contributed by atoms with Crippen LogP contribution in [0.4, 0.5) is 0 Å². The van der Waals surface area contributed by atoms with E-state index in [-0.39, 0.29) is 0 Å². The van der Waals surface area contributed by atoms with Crippen LogP contribution in [-0.2, 0) is 6.54 Å². The molecule has 0 aromatic heterocycles. The third-order valence-corrected chi connectivity index (χ3v) is 2.80. The maximum absolute atomic E-state index is 3.81. The summed E-state index contributed by atoms with van der Waals surface area (Å²) in [5, 5.41) is 3.41. The van der Waals surface area contributed by atoms with Gasteiger partial charge < -0.3 is 10.2 Å². The molecule has 0 amide bonds. The van der Waals surface area contributed by atoms with Crippen LogP contribution in [0.5, 0.6) is 0 Å². The maximum Gasteiger partial charge on any atom is 0.0268 e. The summed E-state index contributed by atoms with van der Waals surface area (Å²) < 4.78 is 0.995. The van der Waals surface area contributed by atoms with Crippen molar-refractivity contribution in [3.05, 3.63) is 47.0 Å². The first-order valence-electron chi connectivity index (χ1n) is 5.87. The van der Waals surface area contributed by atoms with Crippen LogP contribution in [0.25, 0.3) is 0 Å². The Morgan fingerprint density at radius 3 is 2.65 bits per heavy atom. The lowest BCUT2D eigenvalue weighted by atomic mass is 10.2. The molecule has 94 valence electrons. The van der Waals surface area contributed by atoms with Crippen molar-refractivity contribution in [3.63, 3.8) is 0 Å². The van der Waals surface area contributed by atoms with E-state index < -0.39 is 0 Å². The Morgan fingerprint density at radius 1 is 1.41 bits per heavy atom. The molecule has 0 saturated heterocycles. The van der Waals surface area contributed by atoms with Gasteiger partial charge in [0.2, 0.25) is 0 Å². The monoisotopic (exact) mass is 296 g/mol. The predicted octanol–water partition coefficient (Wildman–Crippen LogP) is 3.01. The fourth-order valence-corrected chi connectivity index (χ4v) is 1.94. The third-order valence-electron chi connectivity index (χ3n) is 2.52. The number of hydrogen-bond donors (Lipinski definition) is 1. The van der Waals surface area contributed by atoms with Crippen LogP contribution in [0.1, 0.15) is 12.5 Å². The highest BCUT2D eigenvalue weighted by molar-refractivity contribution is 9.11. The van der Waals surface area contributed by atoms with Gasteiger partial charge in [-0.05, 0) is 19.5 Å². The van der Waals surface area contributed by atoms with E-state index in [2.05, 4.69) is 77.0 Å². The molecule has 0 spiro atoms. The molecule has 0 radical (unpaired) electrons. The zero-order valence-corrected chi connectivity index (χ0v) is 12.2. The number of benzene rings is 1. The van der Waals surface area contributed by atoms with Gasteiger partial charge in [0.25, 0.3) is 0 Å². The Labute approximate surface area is 113 Å². The molecule has 1 atom stereocenters. The Morgan fingerprint density at radius 2 is 2.06 bits per heavy atom. The van der Waals surface area contributed by atoms with Crippen LogP contribution in [0, 0.1) is 0 Å². The topological polar surface area (TPSA) is 15.3 Å². The molecule has 0 fully saturated rings. The van der Waals surface area contributed by atoms with Crippen LogP contribution in [-0.4, -0.2) is 31.1 Å². The van der Waals surface area contributed by atoms with E-state index in [0.717, 1.165) is 24.1 Å².